The van der Waals surface area contributed by atoms with Gasteiger partial charge in [0.1, 0.15) is 12.4 Å². The predicted molar refractivity (Wildman–Crippen MR) is 75.8 cm³/mol. The van der Waals surface area contributed by atoms with Gasteiger partial charge in [-0.2, -0.15) is 5.10 Å². The molecule has 4 heteroatoms. The summed E-state index contributed by atoms with van der Waals surface area (Å²) < 4.78 is 8.78. The number of ether oxygens (including phenoxy) is 1. The Hall–Kier alpha value is -1.29. The minimum atomic E-state index is 0.383. The third kappa shape index (κ3) is 3.13. The lowest BCUT2D eigenvalue weighted by Crippen LogP contribution is -2.03. The maximum absolute atomic E-state index is 5.77. The average molecular weight is 309 g/mol. The number of benzene rings is 1. The van der Waals surface area contributed by atoms with E-state index in [1.54, 1.807) is 0 Å². The molecule has 0 aliphatic heterocycles. The van der Waals surface area contributed by atoms with E-state index in [1.807, 2.05) is 42.1 Å². The summed E-state index contributed by atoms with van der Waals surface area (Å²) in [5.74, 6) is 0.900. The minimum absolute atomic E-state index is 0.383. The molecular weight excluding hydrogens is 292 g/mol. The highest BCUT2D eigenvalue weighted by Gasteiger charge is 2.04. The van der Waals surface area contributed by atoms with Gasteiger partial charge in [-0.1, -0.05) is 15.9 Å². The van der Waals surface area contributed by atoms with Crippen LogP contribution in [0.15, 0.2) is 34.9 Å². The Morgan fingerprint density at radius 2 is 2.11 bits per heavy atom. The maximum Gasteiger partial charge on any atom is 0.132 e. The first-order valence-electron chi connectivity index (χ1n) is 5.99. The van der Waals surface area contributed by atoms with Gasteiger partial charge in [0.2, 0.25) is 0 Å². The van der Waals surface area contributed by atoms with E-state index in [9.17, 15) is 0 Å². The van der Waals surface area contributed by atoms with Crippen molar-refractivity contribution in [3.8, 4) is 5.75 Å². The molecular formula is C14H17BrN2O. The van der Waals surface area contributed by atoms with Crippen LogP contribution in [-0.2, 0) is 6.61 Å². The molecule has 0 radical (unpaired) electrons. The van der Waals surface area contributed by atoms with E-state index >= 15 is 0 Å². The van der Waals surface area contributed by atoms with Crippen molar-refractivity contribution in [1.29, 1.82) is 0 Å². The summed E-state index contributed by atoms with van der Waals surface area (Å²) in [6.45, 7) is 6.75. The van der Waals surface area contributed by atoms with E-state index in [1.165, 1.54) is 0 Å². The molecule has 2 aromatic rings. The fourth-order valence-corrected chi connectivity index (χ4v) is 2.14. The molecule has 1 aromatic carbocycles. The zero-order valence-electron chi connectivity index (χ0n) is 10.9. The summed E-state index contributed by atoms with van der Waals surface area (Å²) >= 11 is 3.44. The first kappa shape index (κ1) is 13.1. The Morgan fingerprint density at radius 1 is 1.33 bits per heavy atom. The second-order valence-corrected chi connectivity index (χ2v) is 5.50. The third-order valence-corrected chi connectivity index (χ3v) is 3.20. The molecule has 3 nitrogen and oxygen atoms in total. The lowest BCUT2D eigenvalue weighted by Gasteiger charge is -2.08. The fourth-order valence-electron chi connectivity index (χ4n) is 1.67. The third-order valence-electron chi connectivity index (χ3n) is 2.71. The molecule has 0 atom stereocenters. The fraction of sp³-hybridized carbons (Fsp3) is 0.357. The Morgan fingerprint density at radius 3 is 2.72 bits per heavy atom. The van der Waals surface area contributed by atoms with Crippen LogP contribution in [0.25, 0.3) is 0 Å². The SMILES string of the molecule is Cc1cc(Br)ccc1OCc1ccn(C(C)C)n1. The van der Waals surface area contributed by atoms with Gasteiger partial charge in [0, 0.05) is 16.7 Å². The first-order valence-corrected chi connectivity index (χ1v) is 6.78. The average Bonchev–Trinajstić information content (AvgIpc) is 2.76. The second kappa shape index (κ2) is 5.57. The van der Waals surface area contributed by atoms with Gasteiger partial charge in [-0.3, -0.25) is 4.68 Å². The molecule has 0 saturated carbocycles. The van der Waals surface area contributed by atoms with Crippen molar-refractivity contribution >= 4 is 15.9 Å². The molecule has 0 spiro atoms. The van der Waals surface area contributed by atoms with Crippen LogP contribution in [0.1, 0.15) is 31.1 Å². The van der Waals surface area contributed by atoms with Gasteiger partial charge in [-0.25, -0.2) is 0 Å². The highest BCUT2D eigenvalue weighted by atomic mass is 79.9. The van der Waals surface area contributed by atoms with E-state index in [0.29, 0.717) is 12.6 Å². The lowest BCUT2D eigenvalue weighted by molar-refractivity contribution is 0.296. The number of aryl methyl sites for hydroxylation is 1. The van der Waals surface area contributed by atoms with Crippen molar-refractivity contribution in [2.24, 2.45) is 0 Å². The van der Waals surface area contributed by atoms with E-state index in [4.69, 9.17) is 4.74 Å². The molecule has 0 amide bonds. The van der Waals surface area contributed by atoms with Crippen LogP contribution in [0.3, 0.4) is 0 Å². The van der Waals surface area contributed by atoms with Gasteiger partial charge in [0.05, 0.1) is 5.69 Å². The second-order valence-electron chi connectivity index (χ2n) is 4.58. The molecule has 96 valence electrons. The van der Waals surface area contributed by atoms with Gasteiger partial charge < -0.3 is 4.74 Å². The molecule has 0 fully saturated rings. The van der Waals surface area contributed by atoms with Crippen LogP contribution in [0.2, 0.25) is 0 Å². The number of hydrogen-bond acceptors (Lipinski definition) is 2. The Bertz CT molecular complexity index is 534. The van der Waals surface area contributed by atoms with Crippen LogP contribution in [0.5, 0.6) is 5.75 Å². The Labute approximate surface area is 116 Å². The summed E-state index contributed by atoms with van der Waals surface area (Å²) in [5.41, 5.74) is 2.07. The van der Waals surface area contributed by atoms with Crippen molar-refractivity contribution < 1.29 is 4.74 Å². The standard InChI is InChI=1S/C14H17BrN2O/c1-10(2)17-7-6-13(16-17)9-18-14-5-4-12(15)8-11(14)3/h4-8,10H,9H2,1-3H3. The van der Waals surface area contributed by atoms with Crippen LogP contribution >= 0.6 is 15.9 Å². The molecule has 1 heterocycles. The van der Waals surface area contributed by atoms with E-state index in [-0.39, 0.29) is 0 Å². The summed E-state index contributed by atoms with van der Waals surface area (Å²) in [6.07, 6.45) is 1.98. The van der Waals surface area contributed by atoms with Gasteiger partial charge >= 0.3 is 0 Å². The van der Waals surface area contributed by atoms with Crippen LogP contribution in [-0.4, -0.2) is 9.78 Å². The van der Waals surface area contributed by atoms with Gasteiger partial charge in [-0.15, -0.1) is 0 Å². The zero-order chi connectivity index (χ0) is 13.1. The minimum Gasteiger partial charge on any atom is -0.487 e. The van der Waals surface area contributed by atoms with Gasteiger partial charge in [0.25, 0.3) is 0 Å². The summed E-state index contributed by atoms with van der Waals surface area (Å²) in [7, 11) is 0. The van der Waals surface area contributed by atoms with Crippen LogP contribution < -0.4 is 4.74 Å². The highest BCUT2D eigenvalue weighted by molar-refractivity contribution is 9.10. The number of hydrogen-bond donors (Lipinski definition) is 0. The summed E-state index contributed by atoms with van der Waals surface area (Å²) in [4.78, 5) is 0. The maximum atomic E-state index is 5.77. The van der Waals surface area contributed by atoms with Crippen molar-refractivity contribution in [2.75, 3.05) is 0 Å². The van der Waals surface area contributed by atoms with Gasteiger partial charge in [0.15, 0.2) is 0 Å². The molecule has 18 heavy (non-hydrogen) atoms. The Kier molecular flexibility index (Phi) is 4.07. The van der Waals surface area contributed by atoms with E-state index in [0.717, 1.165) is 21.5 Å². The number of halogens is 1. The van der Waals surface area contributed by atoms with Crippen molar-refractivity contribution in [2.45, 2.75) is 33.4 Å². The van der Waals surface area contributed by atoms with Crippen molar-refractivity contribution in [3.05, 3.63) is 46.2 Å². The van der Waals surface area contributed by atoms with E-state index < -0.39 is 0 Å². The van der Waals surface area contributed by atoms with Crippen molar-refractivity contribution in [3.63, 3.8) is 0 Å². The van der Waals surface area contributed by atoms with Crippen LogP contribution in [0.4, 0.5) is 0 Å². The molecule has 0 saturated heterocycles. The highest BCUT2D eigenvalue weighted by Crippen LogP contribution is 2.22. The molecule has 0 aliphatic carbocycles. The lowest BCUT2D eigenvalue weighted by atomic mass is 10.2. The van der Waals surface area contributed by atoms with E-state index in [2.05, 4.69) is 34.9 Å². The summed E-state index contributed by atoms with van der Waals surface area (Å²) in [6, 6.07) is 8.37. The predicted octanol–water partition coefficient (Wildman–Crippen LogP) is 4.11. The monoisotopic (exact) mass is 308 g/mol. The smallest absolute Gasteiger partial charge is 0.132 e. The largest absolute Gasteiger partial charge is 0.487 e. The Balaban J connectivity index is 2.02. The van der Waals surface area contributed by atoms with Crippen molar-refractivity contribution in [1.82, 2.24) is 9.78 Å². The number of rotatable bonds is 4. The molecule has 1 aromatic heterocycles. The topological polar surface area (TPSA) is 27.1 Å². The molecule has 0 aliphatic rings. The van der Waals surface area contributed by atoms with Crippen LogP contribution in [0, 0.1) is 6.92 Å². The molecule has 0 unspecified atom stereocenters. The van der Waals surface area contributed by atoms with Gasteiger partial charge in [-0.05, 0) is 50.6 Å². The number of aromatic nitrogens is 2. The molecule has 2 rings (SSSR count). The normalized spacial score (nSPS) is 10.9. The zero-order valence-corrected chi connectivity index (χ0v) is 12.4. The number of nitrogens with zero attached hydrogens (tertiary/aromatic N) is 2. The molecule has 0 N–H and O–H groups in total. The summed E-state index contributed by atoms with van der Waals surface area (Å²) in [5, 5.41) is 4.45. The first-order chi connectivity index (χ1) is 8.56. The quantitative estimate of drug-likeness (QED) is 0.849. The molecule has 0 bridgehead atoms.